The molecule has 2 saturated heterocycles. The third kappa shape index (κ3) is 0.862. The maximum Gasteiger partial charge on any atom is 0.338 e. The minimum Gasteiger partial charge on any atom is -0.454 e. The minimum atomic E-state index is -1.40. The van der Waals surface area contributed by atoms with Gasteiger partial charge in [0.2, 0.25) is 0 Å². The summed E-state index contributed by atoms with van der Waals surface area (Å²) >= 11 is 0. The second kappa shape index (κ2) is 2.40. The summed E-state index contributed by atoms with van der Waals surface area (Å²) in [6, 6.07) is 0. The van der Waals surface area contributed by atoms with E-state index in [1.54, 1.807) is 0 Å². The monoisotopic (exact) mass is 176 g/mol. The van der Waals surface area contributed by atoms with Crippen LogP contribution in [0.4, 0.5) is 0 Å². The van der Waals surface area contributed by atoms with E-state index in [0.717, 1.165) is 0 Å². The number of aliphatic hydroxyl groups is 3. The van der Waals surface area contributed by atoms with Gasteiger partial charge in [-0.1, -0.05) is 0 Å². The third-order valence-electron chi connectivity index (χ3n) is 2.05. The SMILES string of the molecule is O=C1O[C@H]2[C@@H](O)[C@@H](O)O[C@H]2C1O. The van der Waals surface area contributed by atoms with Crippen molar-refractivity contribution in [2.75, 3.05) is 0 Å². The molecule has 0 saturated carbocycles. The van der Waals surface area contributed by atoms with Crippen molar-refractivity contribution in [3.8, 4) is 0 Å². The first kappa shape index (κ1) is 7.93. The van der Waals surface area contributed by atoms with Gasteiger partial charge in [-0.2, -0.15) is 0 Å². The van der Waals surface area contributed by atoms with Gasteiger partial charge in [0, 0.05) is 0 Å². The maximum absolute atomic E-state index is 10.7. The van der Waals surface area contributed by atoms with Gasteiger partial charge in [0.25, 0.3) is 0 Å². The number of hydrogen-bond donors (Lipinski definition) is 3. The molecule has 6 nitrogen and oxygen atoms in total. The molecule has 0 bridgehead atoms. The summed E-state index contributed by atoms with van der Waals surface area (Å²) in [4.78, 5) is 10.7. The predicted molar refractivity (Wildman–Crippen MR) is 32.8 cm³/mol. The quantitative estimate of drug-likeness (QED) is 0.349. The Morgan fingerprint density at radius 2 is 1.83 bits per heavy atom. The number of aliphatic hydroxyl groups excluding tert-OH is 3. The lowest BCUT2D eigenvalue weighted by Crippen LogP contribution is -2.32. The van der Waals surface area contributed by atoms with Gasteiger partial charge in [0.05, 0.1) is 0 Å². The summed E-state index contributed by atoms with van der Waals surface area (Å²) in [5, 5.41) is 27.2. The van der Waals surface area contributed by atoms with Crippen LogP contribution in [-0.2, 0) is 14.3 Å². The molecule has 2 aliphatic heterocycles. The molecular weight excluding hydrogens is 168 g/mol. The fourth-order valence-corrected chi connectivity index (χ4v) is 1.40. The molecule has 68 valence electrons. The van der Waals surface area contributed by atoms with Crippen LogP contribution in [-0.4, -0.2) is 52.0 Å². The van der Waals surface area contributed by atoms with Crippen molar-refractivity contribution in [2.24, 2.45) is 0 Å². The van der Waals surface area contributed by atoms with E-state index in [1.165, 1.54) is 0 Å². The van der Waals surface area contributed by atoms with Crippen LogP contribution in [0.15, 0.2) is 0 Å². The van der Waals surface area contributed by atoms with Crippen molar-refractivity contribution < 1.29 is 29.6 Å². The van der Waals surface area contributed by atoms with Crippen molar-refractivity contribution in [3.05, 3.63) is 0 Å². The number of esters is 1. The molecule has 2 rings (SSSR count). The van der Waals surface area contributed by atoms with E-state index in [1.807, 2.05) is 0 Å². The standard InChI is InChI=1S/C6H8O6/c7-1-3-4(12-5(1)9)2(8)6(10)11-3/h1-5,7-9H/t1-,2?,3+,4+,5+/m1/s1. The van der Waals surface area contributed by atoms with E-state index in [4.69, 9.17) is 15.3 Å². The molecule has 0 aromatic heterocycles. The molecule has 12 heavy (non-hydrogen) atoms. The summed E-state index contributed by atoms with van der Waals surface area (Å²) in [5.74, 6) is -0.823. The second-order valence-corrected chi connectivity index (χ2v) is 2.83. The van der Waals surface area contributed by atoms with Crippen molar-refractivity contribution in [1.29, 1.82) is 0 Å². The van der Waals surface area contributed by atoms with E-state index in [2.05, 4.69) is 9.47 Å². The first-order valence-electron chi connectivity index (χ1n) is 3.51. The van der Waals surface area contributed by atoms with Crippen LogP contribution in [0.2, 0.25) is 0 Å². The number of carbonyl (C=O) groups is 1. The Balaban J connectivity index is 2.19. The van der Waals surface area contributed by atoms with Crippen molar-refractivity contribution in [3.63, 3.8) is 0 Å². The zero-order chi connectivity index (χ0) is 8.88. The Labute approximate surface area is 67.3 Å². The summed E-state index contributed by atoms with van der Waals surface area (Å²) in [7, 11) is 0. The van der Waals surface area contributed by atoms with Gasteiger partial charge in [-0.05, 0) is 0 Å². The van der Waals surface area contributed by atoms with E-state index in [9.17, 15) is 4.79 Å². The van der Waals surface area contributed by atoms with Crippen LogP contribution in [0.5, 0.6) is 0 Å². The Morgan fingerprint density at radius 3 is 2.42 bits per heavy atom. The van der Waals surface area contributed by atoms with Crippen LogP contribution in [0.3, 0.4) is 0 Å². The highest BCUT2D eigenvalue weighted by Gasteiger charge is 2.56. The lowest BCUT2D eigenvalue weighted by molar-refractivity contribution is -0.168. The van der Waals surface area contributed by atoms with Crippen molar-refractivity contribution in [1.82, 2.24) is 0 Å². The number of carbonyl (C=O) groups excluding carboxylic acids is 1. The Bertz CT molecular complexity index is 216. The molecule has 2 heterocycles. The topological polar surface area (TPSA) is 96.2 Å². The van der Waals surface area contributed by atoms with Gasteiger partial charge in [-0.3, -0.25) is 0 Å². The smallest absolute Gasteiger partial charge is 0.338 e. The molecule has 6 heteroatoms. The summed E-state index contributed by atoms with van der Waals surface area (Å²) < 4.78 is 9.25. The molecular formula is C6H8O6. The van der Waals surface area contributed by atoms with E-state index < -0.39 is 36.7 Å². The molecule has 5 atom stereocenters. The first-order valence-corrected chi connectivity index (χ1v) is 3.51. The summed E-state index contributed by atoms with van der Waals surface area (Å²) in [5.41, 5.74) is 0. The molecule has 0 aliphatic carbocycles. The zero-order valence-corrected chi connectivity index (χ0v) is 5.95. The maximum atomic E-state index is 10.7. The van der Waals surface area contributed by atoms with Gasteiger partial charge in [0.15, 0.2) is 18.5 Å². The highest BCUT2D eigenvalue weighted by Crippen LogP contribution is 2.30. The van der Waals surface area contributed by atoms with Crippen LogP contribution < -0.4 is 0 Å². The Kier molecular flexibility index (Phi) is 1.58. The average molecular weight is 176 g/mol. The Morgan fingerprint density at radius 1 is 1.17 bits per heavy atom. The lowest BCUT2D eigenvalue weighted by atomic mass is 10.1. The summed E-state index contributed by atoms with van der Waals surface area (Å²) in [6.07, 6.45) is -5.94. The van der Waals surface area contributed by atoms with Crippen molar-refractivity contribution in [2.45, 2.75) is 30.7 Å². The lowest BCUT2D eigenvalue weighted by Gasteiger charge is -2.10. The van der Waals surface area contributed by atoms with Gasteiger partial charge < -0.3 is 24.8 Å². The predicted octanol–water partition coefficient (Wildman–Crippen LogP) is -2.65. The highest BCUT2D eigenvalue weighted by atomic mass is 16.7. The molecule has 0 aromatic carbocycles. The Hall–Kier alpha value is -0.690. The molecule has 2 aliphatic rings. The van der Waals surface area contributed by atoms with E-state index in [0.29, 0.717) is 0 Å². The van der Waals surface area contributed by atoms with Gasteiger partial charge in [-0.15, -0.1) is 0 Å². The molecule has 0 spiro atoms. The van der Waals surface area contributed by atoms with Gasteiger partial charge in [0.1, 0.15) is 12.2 Å². The van der Waals surface area contributed by atoms with E-state index >= 15 is 0 Å². The molecule has 2 fully saturated rings. The number of ether oxygens (including phenoxy) is 2. The third-order valence-corrected chi connectivity index (χ3v) is 2.05. The fraction of sp³-hybridized carbons (Fsp3) is 0.833. The van der Waals surface area contributed by atoms with Gasteiger partial charge in [-0.25, -0.2) is 4.79 Å². The molecule has 0 amide bonds. The largest absolute Gasteiger partial charge is 0.454 e. The van der Waals surface area contributed by atoms with Crippen LogP contribution in [0, 0.1) is 0 Å². The molecule has 1 unspecified atom stereocenters. The first-order chi connectivity index (χ1) is 5.61. The number of hydrogen-bond acceptors (Lipinski definition) is 6. The van der Waals surface area contributed by atoms with Crippen molar-refractivity contribution >= 4 is 5.97 Å². The highest BCUT2D eigenvalue weighted by molar-refractivity contribution is 5.78. The van der Waals surface area contributed by atoms with Crippen LogP contribution in [0.25, 0.3) is 0 Å². The zero-order valence-electron chi connectivity index (χ0n) is 5.95. The van der Waals surface area contributed by atoms with Gasteiger partial charge >= 0.3 is 5.97 Å². The fourth-order valence-electron chi connectivity index (χ4n) is 1.40. The van der Waals surface area contributed by atoms with E-state index in [-0.39, 0.29) is 0 Å². The van der Waals surface area contributed by atoms with Crippen LogP contribution in [0.1, 0.15) is 0 Å². The second-order valence-electron chi connectivity index (χ2n) is 2.83. The molecule has 3 N–H and O–H groups in total. The summed E-state index contributed by atoms with van der Waals surface area (Å²) in [6.45, 7) is 0. The molecule has 0 radical (unpaired) electrons. The normalized spacial score (nSPS) is 52.2. The number of fused-ring (bicyclic) bond motifs is 1. The minimum absolute atomic E-state index is 0.823. The molecule has 0 aromatic rings. The number of rotatable bonds is 0. The van der Waals surface area contributed by atoms with Crippen LogP contribution >= 0.6 is 0 Å². The average Bonchev–Trinajstić information content (AvgIpc) is 2.43.